The van der Waals surface area contributed by atoms with Crippen LogP contribution in [-0.2, 0) is 9.53 Å². The van der Waals surface area contributed by atoms with Gasteiger partial charge in [-0.15, -0.1) is 0 Å². The normalized spacial score (nSPS) is 12.3. The Labute approximate surface area is 131 Å². The zero-order chi connectivity index (χ0) is 15.8. The molecular weight excluding hydrogens is 264 g/mol. The van der Waals surface area contributed by atoms with Crippen LogP contribution in [0.25, 0.3) is 0 Å². The van der Waals surface area contributed by atoms with Gasteiger partial charge < -0.3 is 9.84 Å². The van der Waals surface area contributed by atoms with Gasteiger partial charge in [0.1, 0.15) is 6.10 Å². The van der Waals surface area contributed by atoms with Gasteiger partial charge in [0, 0.05) is 6.42 Å². The Hall–Kier alpha value is -0.570. The first-order valence-corrected chi connectivity index (χ1v) is 9.01. The van der Waals surface area contributed by atoms with E-state index in [0.717, 1.165) is 12.8 Å². The number of ether oxygens (including phenoxy) is 1. The molecule has 21 heavy (non-hydrogen) atoms. The summed E-state index contributed by atoms with van der Waals surface area (Å²) in [5.74, 6) is -0.177. The summed E-state index contributed by atoms with van der Waals surface area (Å²) < 4.78 is 5.01. The van der Waals surface area contributed by atoms with Gasteiger partial charge in [-0.05, 0) is 13.3 Å². The van der Waals surface area contributed by atoms with Gasteiger partial charge in [-0.3, -0.25) is 4.79 Å². The van der Waals surface area contributed by atoms with Crippen LogP contribution in [0.5, 0.6) is 0 Å². The van der Waals surface area contributed by atoms with Crippen molar-refractivity contribution in [3.8, 4) is 0 Å². The van der Waals surface area contributed by atoms with Crippen LogP contribution in [0.15, 0.2) is 0 Å². The molecule has 0 spiro atoms. The van der Waals surface area contributed by atoms with Crippen LogP contribution in [0.2, 0.25) is 0 Å². The number of esters is 1. The predicted molar refractivity (Wildman–Crippen MR) is 88.3 cm³/mol. The van der Waals surface area contributed by atoms with Crippen molar-refractivity contribution in [3.63, 3.8) is 0 Å². The van der Waals surface area contributed by atoms with E-state index >= 15 is 0 Å². The zero-order valence-corrected chi connectivity index (χ0v) is 14.2. The summed E-state index contributed by atoms with van der Waals surface area (Å²) in [6.07, 6.45) is 15.7. The topological polar surface area (TPSA) is 46.5 Å². The number of carbonyl (C=O) groups is 1. The molecule has 0 heterocycles. The third-order valence-electron chi connectivity index (χ3n) is 3.82. The SMILES string of the molecule is CCCCCCCCCCCCCCC(=O)OC(C)CO. The molecule has 126 valence electrons. The summed E-state index contributed by atoms with van der Waals surface area (Å²) in [5, 5.41) is 8.78. The van der Waals surface area contributed by atoms with Crippen LogP contribution in [0, 0.1) is 0 Å². The third kappa shape index (κ3) is 15.6. The van der Waals surface area contributed by atoms with Gasteiger partial charge in [-0.25, -0.2) is 0 Å². The van der Waals surface area contributed by atoms with Crippen LogP contribution in [0.1, 0.15) is 97.3 Å². The average molecular weight is 300 g/mol. The fourth-order valence-electron chi connectivity index (χ4n) is 2.43. The summed E-state index contributed by atoms with van der Waals surface area (Å²) in [5.41, 5.74) is 0. The summed E-state index contributed by atoms with van der Waals surface area (Å²) in [6, 6.07) is 0. The Morgan fingerprint density at radius 2 is 1.29 bits per heavy atom. The molecule has 1 unspecified atom stereocenters. The maximum absolute atomic E-state index is 11.4. The van der Waals surface area contributed by atoms with Gasteiger partial charge >= 0.3 is 5.97 Å². The molecule has 0 bridgehead atoms. The van der Waals surface area contributed by atoms with Gasteiger partial charge in [-0.2, -0.15) is 0 Å². The fraction of sp³-hybridized carbons (Fsp3) is 0.944. The average Bonchev–Trinajstić information content (AvgIpc) is 2.48. The molecule has 0 aromatic rings. The number of carbonyl (C=O) groups excluding carboxylic acids is 1. The van der Waals surface area contributed by atoms with Crippen molar-refractivity contribution in [2.24, 2.45) is 0 Å². The second-order valence-corrected chi connectivity index (χ2v) is 6.12. The van der Waals surface area contributed by atoms with E-state index in [0.29, 0.717) is 6.42 Å². The van der Waals surface area contributed by atoms with Gasteiger partial charge in [0.15, 0.2) is 0 Å². The Bertz CT molecular complexity index is 229. The number of aliphatic hydroxyl groups excluding tert-OH is 1. The predicted octanol–water partition coefficient (Wildman–Crippen LogP) is 5.00. The molecule has 0 aliphatic rings. The molecule has 0 saturated carbocycles. The smallest absolute Gasteiger partial charge is 0.306 e. The van der Waals surface area contributed by atoms with E-state index < -0.39 is 0 Å². The summed E-state index contributed by atoms with van der Waals surface area (Å²) in [4.78, 5) is 11.4. The van der Waals surface area contributed by atoms with Crippen molar-refractivity contribution >= 4 is 5.97 Å². The first-order valence-electron chi connectivity index (χ1n) is 9.01. The maximum Gasteiger partial charge on any atom is 0.306 e. The molecule has 1 N–H and O–H groups in total. The molecule has 0 aromatic carbocycles. The third-order valence-corrected chi connectivity index (χ3v) is 3.82. The molecule has 0 fully saturated rings. The van der Waals surface area contributed by atoms with Crippen LogP contribution < -0.4 is 0 Å². The monoisotopic (exact) mass is 300 g/mol. The van der Waals surface area contributed by atoms with Crippen molar-refractivity contribution in [1.29, 1.82) is 0 Å². The van der Waals surface area contributed by atoms with E-state index in [9.17, 15) is 4.79 Å². The Kier molecular flexibility index (Phi) is 15.4. The highest BCUT2D eigenvalue weighted by Crippen LogP contribution is 2.12. The molecule has 3 heteroatoms. The lowest BCUT2D eigenvalue weighted by Crippen LogP contribution is -2.18. The molecule has 3 nitrogen and oxygen atoms in total. The van der Waals surface area contributed by atoms with Crippen molar-refractivity contribution in [3.05, 3.63) is 0 Å². The van der Waals surface area contributed by atoms with Crippen molar-refractivity contribution in [2.75, 3.05) is 6.61 Å². The zero-order valence-electron chi connectivity index (χ0n) is 14.2. The van der Waals surface area contributed by atoms with Crippen molar-refractivity contribution in [1.82, 2.24) is 0 Å². The quantitative estimate of drug-likeness (QED) is 0.342. The van der Waals surface area contributed by atoms with E-state index in [1.807, 2.05) is 0 Å². The van der Waals surface area contributed by atoms with Gasteiger partial charge in [0.05, 0.1) is 6.61 Å². The second-order valence-electron chi connectivity index (χ2n) is 6.12. The minimum absolute atomic E-state index is 0.0931. The van der Waals surface area contributed by atoms with Crippen LogP contribution >= 0.6 is 0 Å². The van der Waals surface area contributed by atoms with E-state index in [2.05, 4.69) is 6.92 Å². The molecule has 0 aliphatic carbocycles. The lowest BCUT2D eigenvalue weighted by Gasteiger charge is -2.09. The molecule has 0 aliphatic heterocycles. The Morgan fingerprint density at radius 3 is 1.71 bits per heavy atom. The molecule has 1 atom stereocenters. The summed E-state index contributed by atoms with van der Waals surface area (Å²) in [6.45, 7) is 3.87. The Balaban J connectivity index is 3.13. The standard InChI is InChI=1S/C18H36O3/c1-3-4-5-6-7-8-9-10-11-12-13-14-15-18(20)21-17(2)16-19/h17,19H,3-16H2,1-2H3. The number of hydrogen-bond acceptors (Lipinski definition) is 3. The summed E-state index contributed by atoms with van der Waals surface area (Å²) >= 11 is 0. The highest BCUT2D eigenvalue weighted by molar-refractivity contribution is 5.69. The minimum atomic E-state index is -0.366. The number of aliphatic hydroxyl groups is 1. The van der Waals surface area contributed by atoms with Crippen LogP contribution in [-0.4, -0.2) is 23.8 Å². The molecule has 0 radical (unpaired) electrons. The first kappa shape index (κ1) is 20.4. The number of rotatable bonds is 15. The van der Waals surface area contributed by atoms with Crippen LogP contribution in [0.3, 0.4) is 0 Å². The number of hydrogen-bond donors (Lipinski definition) is 1. The van der Waals surface area contributed by atoms with E-state index in [4.69, 9.17) is 9.84 Å². The first-order chi connectivity index (χ1) is 10.2. The van der Waals surface area contributed by atoms with E-state index in [-0.39, 0.29) is 18.7 Å². The van der Waals surface area contributed by atoms with Gasteiger partial charge in [0.2, 0.25) is 0 Å². The highest BCUT2D eigenvalue weighted by atomic mass is 16.5. The fourth-order valence-corrected chi connectivity index (χ4v) is 2.43. The van der Waals surface area contributed by atoms with Gasteiger partial charge in [-0.1, -0.05) is 77.6 Å². The van der Waals surface area contributed by atoms with Crippen molar-refractivity contribution in [2.45, 2.75) is 103 Å². The molecule has 0 saturated heterocycles. The molecule has 0 amide bonds. The van der Waals surface area contributed by atoms with E-state index in [1.54, 1.807) is 6.92 Å². The van der Waals surface area contributed by atoms with Crippen molar-refractivity contribution < 1.29 is 14.6 Å². The van der Waals surface area contributed by atoms with Gasteiger partial charge in [0.25, 0.3) is 0 Å². The van der Waals surface area contributed by atoms with Crippen LogP contribution in [0.4, 0.5) is 0 Å². The van der Waals surface area contributed by atoms with E-state index in [1.165, 1.54) is 64.2 Å². The number of unbranched alkanes of at least 4 members (excludes halogenated alkanes) is 11. The Morgan fingerprint density at radius 1 is 0.857 bits per heavy atom. The largest absolute Gasteiger partial charge is 0.460 e. The second kappa shape index (κ2) is 15.8. The lowest BCUT2D eigenvalue weighted by molar-refractivity contribution is -0.150. The lowest BCUT2D eigenvalue weighted by atomic mass is 10.0. The molecule has 0 rings (SSSR count). The molecule has 0 aromatic heterocycles. The molecular formula is C18H36O3. The summed E-state index contributed by atoms with van der Waals surface area (Å²) in [7, 11) is 0. The minimum Gasteiger partial charge on any atom is -0.460 e. The maximum atomic E-state index is 11.4. The highest BCUT2D eigenvalue weighted by Gasteiger charge is 2.07.